The highest BCUT2D eigenvalue weighted by atomic mass is 35.5. The number of halogens is 1. The SMILES string of the molecule is CC(C)NC(=O)CNC(=O)Cc1ccc(N)cn1.Cl. The lowest BCUT2D eigenvalue weighted by Crippen LogP contribution is -2.40. The highest BCUT2D eigenvalue weighted by Gasteiger charge is 2.07. The molecule has 0 saturated heterocycles. The van der Waals surface area contributed by atoms with Crippen LogP contribution in [0.4, 0.5) is 5.69 Å². The normalized spacial score (nSPS) is 9.63. The second-order valence-electron chi connectivity index (χ2n) is 4.26. The Morgan fingerprint density at radius 2 is 2.00 bits per heavy atom. The highest BCUT2D eigenvalue weighted by molar-refractivity contribution is 5.85. The number of nitrogens with zero attached hydrogens (tertiary/aromatic N) is 1. The molecule has 1 aromatic heterocycles. The van der Waals surface area contributed by atoms with Gasteiger partial charge in [0.1, 0.15) is 0 Å². The molecule has 0 unspecified atom stereocenters. The molecule has 1 heterocycles. The summed E-state index contributed by atoms with van der Waals surface area (Å²) in [5.41, 5.74) is 6.65. The van der Waals surface area contributed by atoms with Gasteiger partial charge in [0.15, 0.2) is 0 Å². The fraction of sp³-hybridized carbons (Fsp3) is 0.417. The van der Waals surface area contributed by atoms with Gasteiger partial charge in [-0.05, 0) is 26.0 Å². The zero-order chi connectivity index (χ0) is 13.5. The molecule has 0 spiro atoms. The van der Waals surface area contributed by atoms with Crippen LogP contribution in [0.25, 0.3) is 0 Å². The van der Waals surface area contributed by atoms with Crippen molar-refractivity contribution in [2.24, 2.45) is 0 Å². The van der Waals surface area contributed by atoms with E-state index in [-0.39, 0.29) is 43.2 Å². The zero-order valence-electron chi connectivity index (χ0n) is 11.0. The van der Waals surface area contributed by atoms with Crippen molar-refractivity contribution in [3.8, 4) is 0 Å². The largest absolute Gasteiger partial charge is 0.397 e. The minimum Gasteiger partial charge on any atom is -0.397 e. The molecule has 7 heteroatoms. The smallest absolute Gasteiger partial charge is 0.239 e. The number of carbonyl (C=O) groups is 2. The first kappa shape index (κ1) is 17.2. The Morgan fingerprint density at radius 3 is 2.53 bits per heavy atom. The number of hydrogen-bond donors (Lipinski definition) is 3. The molecule has 1 aromatic rings. The summed E-state index contributed by atoms with van der Waals surface area (Å²) in [7, 11) is 0. The van der Waals surface area contributed by atoms with Gasteiger partial charge in [-0.15, -0.1) is 12.4 Å². The zero-order valence-corrected chi connectivity index (χ0v) is 11.8. The van der Waals surface area contributed by atoms with Crippen LogP contribution in [0.1, 0.15) is 19.5 Å². The molecule has 0 aliphatic rings. The number of amides is 2. The Kier molecular flexibility index (Phi) is 7.52. The summed E-state index contributed by atoms with van der Waals surface area (Å²) in [5.74, 6) is -0.449. The summed E-state index contributed by atoms with van der Waals surface area (Å²) in [6.45, 7) is 3.70. The quantitative estimate of drug-likeness (QED) is 0.724. The fourth-order valence-electron chi connectivity index (χ4n) is 1.32. The lowest BCUT2D eigenvalue weighted by molar-refractivity contribution is -0.126. The Balaban J connectivity index is 0.00000324. The van der Waals surface area contributed by atoms with Gasteiger partial charge in [0.05, 0.1) is 24.8 Å². The van der Waals surface area contributed by atoms with Gasteiger partial charge in [0.25, 0.3) is 0 Å². The van der Waals surface area contributed by atoms with Gasteiger partial charge < -0.3 is 16.4 Å². The molecular weight excluding hydrogens is 268 g/mol. The summed E-state index contributed by atoms with van der Waals surface area (Å²) >= 11 is 0. The van der Waals surface area contributed by atoms with Gasteiger partial charge in [-0.2, -0.15) is 0 Å². The molecule has 1 rings (SSSR count). The fourth-order valence-corrected chi connectivity index (χ4v) is 1.32. The average Bonchev–Trinajstić information content (AvgIpc) is 2.29. The van der Waals surface area contributed by atoms with Crippen molar-refractivity contribution >= 4 is 29.9 Å². The van der Waals surface area contributed by atoms with Crippen LogP contribution >= 0.6 is 12.4 Å². The van der Waals surface area contributed by atoms with Crippen molar-refractivity contribution in [3.05, 3.63) is 24.0 Å². The maximum Gasteiger partial charge on any atom is 0.239 e. The molecule has 0 atom stereocenters. The second kappa shape index (κ2) is 8.31. The number of aromatic nitrogens is 1. The van der Waals surface area contributed by atoms with E-state index < -0.39 is 0 Å². The predicted octanol–water partition coefficient (Wildman–Crippen LogP) is 0.269. The van der Waals surface area contributed by atoms with Crippen LogP contribution < -0.4 is 16.4 Å². The van der Waals surface area contributed by atoms with E-state index in [2.05, 4.69) is 15.6 Å². The van der Waals surface area contributed by atoms with Gasteiger partial charge >= 0.3 is 0 Å². The monoisotopic (exact) mass is 286 g/mol. The van der Waals surface area contributed by atoms with Crippen LogP contribution in [0.2, 0.25) is 0 Å². The Bertz CT molecular complexity index is 420. The molecule has 0 aliphatic carbocycles. The average molecular weight is 287 g/mol. The molecule has 0 fully saturated rings. The number of nitrogens with one attached hydrogen (secondary N) is 2. The molecule has 0 aliphatic heterocycles. The molecule has 4 N–H and O–H groups in total. The Morgan fingerprint density at radius 1 is 1.32 bits per heavy atom. The van der Waals surface area contributed by atoms with Crippen LogP contribution in [-0.4, -0.2) is 29.4 Å². The summed E-state index contributed by atoms with van der Waals surface area (Å²) in [6.07, 6.45) is 1.63. The van der Waals surface area contributed by atoms with Crippen LogP contribution in [0, 0.1) is 0 Å². The number of carbonyl (C=O) groups excluding carboxylic acids is 2. The number of hydrogen-bond acceptors (Lipinski definition) is 4. The molecule has 6 nitrogen and oxygen atoms in total. The van der Waals surface area contributed by atoms with Crippen LogP contribution in [0.15, 0.2) is 18.3 Å². The van der Waals surface area contributed by atoms with Crippen LogP contribution in [-0.2, 0) is 16.0 Å². The number of pyridine rings is 1. The topological polar surface area (TPSA) is 97.1 Å². The van der Waals surface area contributed by atoms with Crippen LogP contribution in [0.5, 0.6) is 0 Å². The van der Waals surface area contributed by atoms with Gasteiger partial charge in [-0.25, -0.2) is 0 Å². The molecular formula is C12H19ClN4O2. The van der Waals surface area contributed by atoms with E-state index in [1.807, 2.05) is 13.8 Å². The minimum atomic E-state index is -0.244. The Hall–Kier alpha value is -1.82. The molecule has 2 amide bonds. The van der Waals surface area contributed by atoms with Crippen molar-refractivity contribution in [2.75, 3.05) is 12.3 Å². The van der Waals surface area contributed by atoms with E-state index in [4.69, 9.17) is 5.73 Å². The Labute approximate surface area is 118 Å². The third kappa shape index (κ3) is 7.25. The molecule has 19 heavy (non-hydrogen) atoms. The molecule has 0 bridgehead atoms. The van der Waals surface area contributed by atoms with E-state index in [0.717, 1.165) is 0 Å². The summed E-state index contributed by atoms with van der Waals surface area (Å²) in [4.78, 5) is 26.8. The molecule has 106 valence electrons. The predicted molar refractivity (Wildman–Crippen MR) is 75.9 cm³/mol. The lowest BCUT2D eigenvalue weighted by Gasteiger charge is -2.09. The molecule has 0 radical (unpaired) electrons. The van der Waals surface area contributed by atoms with Crippen molar-refractivity contribution in [3.63, 3.8) is 0 Å². The minimum absolute atomic E-state index is 0. The van der Waals surface area contributed by atoms with E-state index >= 15 is 0 Å². The highest BCUT2D eigenvalue weighted by Crippen LogP contribution is 2.01. The lowest BCUT2D eigenvalue weighted by atomic mass is 10.2. The standard InChI is InChI=1S/C12H18N4O2.ClH/c1-8(2)16-12(18)7-15-11(17)5-10-4-3-9(13)6-14-10;/h3-4,6,8H,5,7,13H2,1-2H3,(H,15,17)(H,16,18);1H. The first-order chi connectivity index (χ1) is 8.47. The molecule has 0 saturated carbocycles. The summed E-state index contributed by atoms with van der Waals surface area (Å²) in [5, 5.41) is 5.21. The maximum atomic E-state index is 11.5. The number of rotatable bonds is 5. The molecule has 0 aromatic carbocycles. The van der Waals surface area contributed by atoms with Gasteiger partial charge in [-0.1, -0.05) is 0 Å². The van der Waals surface area contributed by atoms with Gasteiger partial charge in [0, 0.05) is 11.7 Å². The van der Waals surface area contributed by atoms with Crippen molar-refractivity contribution in [2.45, 2.75) is 26.3 Å². The maximum absolute atomic E-state index is 11.5. The number of nitrogens with two attached hydrogens (primary N) is 1. The van der Waals surface area contributed by atoms with E-state index in [0.29, 0.717) is 11.4 Å². The first-order valence-electron chi connectivity index (χ1n) is 5.74. The third-order valence-electron chi connectivity index (χ3n) is 2.09. The summed E-state index contributed by atoms with van der Waals surface area (Å²) in [6, 6.07) is 3.43. The van der Waals surface area contributed by atoms with E-state index in [9.17, 15) is 9.59 Å². The van der Waals surface area contributed by atoms with Crippen molar-refractivity contribution < 1.29 is 9.59 Å². The van der Waals surface area contributed by atoms with E-state index in [1.54, 1.807) is 12.1 Å². The van der Waals surface area contributed by atoms with E-state index in [1.165, 1.54) is 6.20 Å². The summed E-state index contributed by atoms with van der Waals surface area (Å²) < 4.78 is 0. The van der Waals surface area contributed by atoms with Gasteiger partial charge in [0.2, 0.25) is 11.8 Å². The van der Waals surface area contributed by atoms with Crippen molar-refractivity contribution in [1.82, 2.24) is 15.6 Å². The third-order valence-corrected chi connectivity index (χ3v) is 2.09. The number of nitrogen functional groups attached to an aromatic ring is 1. The van der Waals surface area contributed by atoms with Crippen molar-refractivity contribution in [1.29, 1.82) is 0 Å². The number of anilines is 1. The second-order valence-corrected chi connectivity index (χ2v) is 4.26. The van der Waals surface area contributed by atoms with Crippen LogP contribution in [0.3, 0.4) is 0 Å². The first-order valence-corrected chi connectivity index (χ1v) is 5.74. The van der Waals surface area contributed by atoms with Gasteiger partial charge in [-0.3, -0.25) is 14.6 Å².